The monoisotopic (exact) mass is 417 g/mol. The molecule has 1 aromatic carbocycles. The molecule has 3 heterocycles. The van der Waals surface area contributed by atoms with Gasteiger partial charge in [0.25, 0.3) is 0 Å². The van der Waals surface area contributed by atoms with Crippen molar-refractivity contribution in [2.75, 3.05) is 22.9 Å². The highest BCUT2D eigenvalue weighted by Crippen LogP contribution is 2.29. The second-order valence-electron chi connectivity index (χ2n) is 8.85. The third-order valence-electron chi connectivity index (χ3n) is 4.75. The highest BCUT2D eigenvalue weighted by atomic mass is 15.2. The Labute approximate surface area is 181 Å². The summed E-state index contributed by atoms with van der Waals surface area (Å²) < 4.78 is 1.84. The Hall–Kier alpha value is -3.75. The minimum atomic E-state index is 0.116. The lowest BCUT2D eigenvalue weighted by atomic mass is 9.97. The van der Waals surface area contributed by atoms with Gasteiger partial charge in [0.05, 0.1) is 11.4 Å². The van der Waals surface area contributed by atoms with Crippen LogP contribution in [0.15, 0.2) is 36.8 Å². The van der Waals surface area contributed by atoms with Gasteiger partial charge in [0.2, 0.25) is 5.95 Å². The van der Waals surface area contributed by atoms with Gasteiger partial charge in [-0.15, -0.1) is 10.2 Å². The number of hydrogen-bond acceptors (Lipinski definition) is 8. The average molecular weight is 418 g/mol. The molecule has 0 saturated carbocycles. The second kappa shape index (κ2) is 7.82. The van der Waals surface area contributed by atoms with Gasteiger partial charge in [-0.1, -0.05) is 20.8 Å². The minimum Gasteiger partial charge on any atom is -0.397 e. The maximum absolute atomic E-state index is 6.28. The first-order valence-corrected chi connectivity index (χ1v) is 10.1. The first-order valence-electron chi connectivity index (χ1n) is 10.1. The van der Waals surface area contributed by atoms with Gasteiger partial charge in [-0.2, -0.15) is 0 Å². The van der Waals surface area contributed by atoms with E-state index in [1.807, 2.05) is 42.8 Å². The van der Waals surface area contributed by atoms with Gasteiger partial charge < -0.3 is 20.9 Å². The zero-order valence-corrected chi connectivity index (χ0v) is 18.4. The summed E-state index contributed by atoms with van der Waals surface area (Å²) in [7, 11) is 1.89. The topological polar surface area (TPSA) is 119 Å². The molecule has 0 bridgehead atoms. The highest BCUT2D eigenvalue weighted by Gasteiger charge is 2.14. The number of nitrogens with two attached hydrogens (primary N) is 1. The van der Waals surface area contributed by atoms with Crippen molar-refractivity contribution >= 4 is 34.0 Å². The quantitative estimate of drug-likeness (QED) is 0.418. The first-order chi connectivity index (χ1) is 14.7. The van der Waals surface area contributed by atoms with Crippen molar-refractivity contribution in [3.8, 4) is 11.4 Å². The van der Waals surface area contributed by atoms with Gasteiger partial charge in [0.1, 0.15) is 11.8 Å². The molecule has 3 aromatic heterocycles. The van der Waals surface area contributed by atoms with Crippen molar-refractivity contribution in [1.82, 2.24) is 29.7 Å². The molecule has 4 N–H and O–H groups in total. The zero-order valence-electron chi connectivity index (χ0n) is 18.4. The van der Waals surface area contributed by atoms with Gasteiger partial charge in [-0.25, -0.2) is 15.0 Å². The Morgan fingerprint density at radius 3 is 2.61 bits per heavy atom. The summed E-state index contributed by atoms with van der Waals surface area (Å²) in [6.45, 7) is 9.27. The number of pyridine rings is 1. The van der Waals surface area contributed by atoms with Crippen molar-refractivity contribution in [3.05, 3.63) is 42.5 Å². The van der Waals surface area contributed by atoms with Crippen LogP contribution in [-0.2, 0) is 7.05 Å². The SMILES string of the molecule is Cc1cc2cnc(Nc3ccc(-c4nncn4C)cc3N)nc2c(NCC(C)(C)C)n1. The molecule has 0 radical (unpaired) electrons. The summed E-state index contributed by atoms with van der Waals surface area (Å²) >= 11 is 0. The lowest BCUT2D eigenvalue weighted by Gasteiger charge is -2.20. The van der Waals surface area contributed by atoms with E-state index in [0.717, 1.165) is 46.0 Å². The Kier molecular flexibility index (Phi) is 5.18. The molecule has 0 aliphatic carbocycles. The predicted molar refractivity (Wildman–Crippen MR) is 124 cm³/mol. The standard InChI is InChI=1S/C22H27N9/c1-13-8-15-10-24-21(29-18(15)19(27-13)25-11-22(2,3)4)28-17-7-6-14(9-16(17)23)20-30-26-12-31(20)5/h6-10,12H,11,23H2,1-5H3,(H,25,27)(H,24,28,29). The van der Waals surface area contributed by atoms with Gasteiger partial charge in [0.15, 0.2) is 11.6 Å². The van der Waals surface area contributed by atoms with E-state index >= 15 is 0 Å². The van der Waals surface area contributed by atoms with Crippen LogP contribution in [0, 0.1) is 12.3 Å². The summed E-state index contributed by atoms with van der Waals surface area (Å²) in [5.74, 6) is 1.95. The van der Waals surface area contributed by atoms with Crippen LogP contribution in [-0.4, -0.2) is 36.3 Å². The molecule has 9 nitrogen and oxygen atoms in total. The van der Waals surface area contributed by atoms with Gasteiger partial charge in [-0.3, -0.25) is 0 Å². The number of fused-ring (bicyclic) bond motifs is 1. The largest absolute Gasteiger partial charge is 0.397 e. The second-order valence-corrected chi connectivity index (χ2v) is 8.85. The Bertz CT molecular complexity index is 1240. The molecule has 4 aromatic rings. The van der Waals surface area contributed by atoms with Crippen LogP contribution in [0.3, 0.4) is 0 Å². The molecule has 0 saturated heterocycles. The molecule has 0 spiro atoms. The molecule has 0 amide bonds. The fourth-order valence-corrected chi connectivity index (χ4v) is 3.19. The molecule has 0 aliphatic heterocycles. The summed E-state index contributed by atoms with van der Waals surface area (Å²) in [6, 6.07) is 7.66. The predicted octanol–water partition coefficient (Wildman–Crippen LogP) is 3.91. The van der Waals surface area contributed by atoms with E-state index in [9.17, 15) is 0 Å². The Morgan fingerprint density at radius 2 is 1.94 bits per heavy atom. The molecule has 160 valence electrons. The fraction of sp³-hybridized carbons (Fsp3) is 0.318. The van der Waals surface area contributed by atoms with E-state index in [1.165, 1.54) is 0 Å². The normalized spacial score (nSPS) is 11.6. The number of rotatable bonds is 5. The van der Waals surface area contributed by atoms with E-state index in [-0.39, 0.29) is 5.41 Å². The van der Waals surface area contributed by atoms with Crippen LogP contribution in [0.2, 0.25) is 0 Å². The minimum absolute atomic E-state index is 0.116. The Balaban J connectivity index is 1.64. The smallest absolute Gasteiger partial charge is 0.227 e. The van der Waals surface area contributed by atoms with Gasteiger partial charge in [-0.05, 0) is 36.6 Å². The number of benzene rings is 1. The molecule has 4 rings (SSSR count). The number of hydrogen-bond donors (Lipinski definition) is 3. The zero-order chi connectivity index (χ0) is 22.2. The molecule has 0 unspecified atom stereocenters. The van der Waals surface area contributed by atoms with Crippen LogP contribution < -0.4 is 16.4 Å². The van der Waals surface area contributed by atoms with Crippen LogP contribution in [0.25, 0.3) is 22.3 Å². The Morgan fingerprint density at radius 1 is 1.13 bits per heavy atom. The summed E-state index contributed by atoms with van der Waals surface area (Å²) in [5.41, 5.74) is 10.2. The molecule has 0 fully saturated rings. The summed E-state index contributed by atoms with van der Waals surface area (Å²) in [5, 5.41) is 15.6. The van der Waals surface area contributed by atoms with Gasteiger partial charge >= 0.3 is 0 Å². The number of aromatic nitrogens is 6. The van der Waals surface area contributed by atoms with Crippen molar-refractivity contribution < 1.29 is 0 Å². The number of nitrogens with zero attached hydrogens (tertiary/aromatic N) is 6. The maximum atomic E-state index is 6.28. The molecular formula is C22H27N9. The number of nitrogen functional groups attached to an aromatic ring is 1. The van der Waals surface area contributed by atoms with E-state index in [4.69, 9.17) is 10.7 Å². The van der Waals surface area contributed by atoms with Gasteiger partial charge in [0, 0.05) is 36.4 Å². The van der Waals surface area contributed by atoms with Crippen molar-refractivity contribution in [3.63, 3.8) is 0 Å². The molecule has 0 aliphatic rings. The van der Waals surface area contributed by atoms with Crippen LogP contribution in [0.5, 0.6) is 0 Å². The third kappa shape index (κ3) is 4.55. The molecule has 0 atom stereocenters. The van der Waals surface area contributed by atoms with E-state index in [0.29, 0.717) is 11.6 Å². The third-order valence-corrected chi connectivity index (χ3v) is 4.75. The lowest BCUT2D eigenvalue weighted by molar-refractivity contribution is 0.442. The van der Waals surface area contributed by atoms with Crippen molar-refractivity contribution in [2.45, 2.75) is 27.7 Å². The van der Waals surface area contributed by atoms with E-state index in [2.05, 4.69) is 51.6 Å². The first kappa shape index (κ1) is 20.5. The van der Waals surface area contributed by atoms with Crippen LogP contribution in [0.1, 0.15) is 26.5 Å². The molecule has 9 heteroatoms. The number of aryl methyl sites for hydroxylation is 2. The summed E-state index contributed by atoms with van der Waals surface area (Å²) in [4.78, 5) is 13.8. The number of anilines is 4. The number of nitrogens with one attached hydrogen (secondary N) is 2. The van der Waals surface area contributed by atoms with Crippen LogP contribution in [0.4, 0.5) is 23.1 Å². The summed E-state index contributed by atoms with van der Waals surface area (Å²) in [6.07, 6.45) is 3.45. The highest BCUT2D eigenvalue weighted by molar-refractivity contribution is 5.89. The molecular weight excluding hydrogens is 390 g/mol. The fourth-order valence-electron chi connectivity index (χ4n) is 3.19. The molecule has 31 heavy (non-hydrogen) atoms. The average Bonchev–Trinajstić information content (AvgIpc) is 3.13. The van der Waals surface area contributed by atoms with E-state index < -0.39 is 0 Å². The lowest BCUT2D eigenvalue weighted by Crippen LogP contribution is -2.20. The van der Waals surface area contributed by atoms with E-state index in [1.54, 1.807) is 12.5 Å². The maximum Gasteiger partial charge on any atom is 0.227 e. The van der Waals surface area contributed by atoms with Crippen molar-refractivity contribution in [1.29, 1.82) is 0 Å². The van der Waals surface area contributed by atoms with Crippen LogP contribution >= 0.6 is 0 Å². The van der Waals surface area contributed by atoms with Crippen molar-refractivity contribution in [2.24, 2.45) is 12.5 Å².